The van der Waals surface area contributed by atoms with Crippen LogP contribution in [0.25, 0.3) is 0 Å². The Balaban J connectivity index is 1.67. The van der Waals surface area contributed by atoms with E-state index in [4.69, 9.17) is 11.6 Å². The number of halogens is 1. The lowest BCUT2D eigenvalue weighted by atomic mass is 9.95. The number of aryl methyl sites for hydroxylation is 1. The molecule has 0 amide bonds. The number of nitrogens with zero attached hydrogens (tertiary/aromatic N) is 2. The third kappa shape index (κ3) is 3.22. The van der Waals surface area contributed by atoms with Crippen molar-refractivity contribution in [3.8, 4) is 0 Å². The van der Waals surface area contributed by atoms with Gasteiger partial charge in [-0.15, -0.1) is 11.6 Å². The van der Waals surface area contributed by atoms with Gasteiger partial charge in [-0.3, -0.25) is 0 Å². The fourth-order valence-electron chi connectivity index (χ4n) is 2.28. The van der Waals surface area contributed by atoms with Crippen LogP contribution in [0.15, 0.2) is 12.4 Å². The topological polar surface area (TPSA) is 29.9 Å². The highest BCUT2D eigenvalue weighted by molar-refractivity contribution is 6.20. The zero-order valence-electron chi connectivity index (χ0n) is 9.82. The van der Waals surface area contributed by atoms with E-state index in [0.717, 1.165) is 31.6 Å². The van der Waals surface area contributed by atoms with Crippen molar-refractivity contribution in [3.63, 3.8) is 0 Å². The van der Waals surface area contributed by atoms with Crippen LogP contribution >= 0.6 is 11.6 Å². The average Bonchev–Trinajstić information content (AvgIpc) is 2.68. The van der Waals surface area contributed by atoms with Gasteiger partial charge < -0.3 is 9.88 Å². The van der Waals surface area contributed by atoms with E-state index in [1.165, 1.54) is 12.8 Å². The molecule has 1 aliphatic carbocycles. The molecule has 2 rings (SSSR count). The van der Waals surface area contributed by atoms with E-state index in [-0.39, 0.29) is 0 Å². The van der Waals surface area contributed by atoms with Crippen LogP contribution in [-0.4, -0.2) is 27.5 Å². The smallest absolute Gasteiger partial charge is 0.109 e. The van der Waals surface area contributed by atoms with Gasteiger partial charge >= 0.3 is 0 Å². The molecule has 90 valence electrons. The number of hydrogen-bond donors (Lipinski definition) is 1. The van der Waals surface area contributed by atoms with Crippen molar-refractivity contribution in [1.82, 2.24) is 14.9 Å². The lowest BCUT2D eigenvalue weighted by Crippen LogP contribution is -2.34. The first-order chi connectivity index (χ1) is 7.75. The van der Waals surface area contributed by atoms with Gasteiger partial charge in [-0.2, -0.15) is 0 Å². The molecule has 16 heavy (non-hydrogen) atoms. The second-order valence-corrected chi connectivity index (χ2v) is 5.22. The summed E-state index contributed by atoms with van der Waals surface area (Å²) in [5, 5.41) is 4.01. The van der Waals surface area contributed by atoms with Gasteiger partial charge in [-0.1, -0.05) is 0 Å². The predicted molar refractivity (Wildman–Crippen MR) is 66.8 cm³/mol. The molecule has 1 saturated carbocycles. The van der Waals surface area contributed by atoms with Gasteiger partial charge in [0.25, 0.3) is 0 Å². The van der Waals surface area contributed by atoms with Crippen molar-refractivity contribution in [2.75, 3.05) is 6.54 Å². The fraction of sp³-hybridized carbons (Fsp3) is 0.750. The molecule has 4 heteroatoms. The van der Waals surface area contributed by atoms with E-state index in [1.54, 1.807) is 0 Å². The molecule has 0 spiro atoms. The van der Waals surface area contributed by atoms with Crippen LogP contribution < -0.4 is 5.32 Å². The van der Waals surface area contributed by atoms with Crippen LogP contribution in [0.4, 0.5) is 0 Å². The summed E-state index contributed by atoms with van der Waals surface area (Å²) >= 11 is 6.08. The molecule has 1 N–H and O–H groups in total. The van der Waals surface area contributed by atoms with Crippen molar-refractivity contribution in [2.45, 2.75) is 43.5 Å². The summed E-state index contributed by atoms with van der Waals surface area (Å²) in [4.78, 5) is 4.31. The molecule has 1 aliphatic rings. The molecule has 0 saturated heterocycles. The number of imidazole rings is 1. The Bertz CT molecular complexity index is 316. The largest absolute Gasteiger partial charge is 0.338 e. The van der Waals surface area contributed by atoms with Crippen LogP contribution in [0, 0.1) is 0 Å². The highest BCUT2D eigenvalue weighted by Crippen LogP contribution is 2.22. The second-order valence-electron chi connectivity index (χ2n) is 4.61. The quantitative estimate of drug-likeness (QED) is 0.819. The van der Waals surface area contributed by atoms with Gasteiger partial charge in [0.1, 0.15) is 5.82 Å². The zero-order chi connectivity index (χ0) is 11.4. The molecular weight excluding hydrogens is 222 g/mol. The first-order valence-corrected chi connectivity index (χ1v) is 6.53. The maximum absolute atomic E-state index is 6.08. The molecule has 0 atom stereocenters. The van der Waals surface area contributed by atoms with Crippen molar-refractivity contribution >= 4 is 11.6 Å². The third-order valence-corrected chi connectivity index (χ3v) is 3.80. The summed E-state index contributed by atoms with van der Waals surface area (Å²) in [6, 6.07) is 0.662. The molecule has 3 nitrogen and oxygen atoms in total. The van der Waals surface area contributed by atoms with Crippen molar-refractivity contribution in [3.05, 3.63) is 18.2 Å². The Hall–Kier alpha value is -0.540. The fourth-order valence-corrected chi connectivity index (χ4v) is 2.53. The molecule has 0 aliphatic heterocycles. The van der Waals surface area contributed by atoms with E-state index >= 15 is 0 Å². The highest BCUT2D eigenvalue weighted by Gasteiger charge is 2.18. The first-order valence-electron chi connectivity index (χ1n) is 6.09. The van der Waals surface area contributed by atoms with E-state index in [9.17, 15) is 0 Å². The van der Waals surface area contributed by atoms with Gasteiger partial charge in [-0.05, 0) is 25.7 Å². The van der Waals surface area contributed by atoms with Crippen molar-refractivity contribution in [2.24, 2.45) is 7.05 Å². The van der Waals surface area contributed by atoms with E-state index in [1.807, 2.05) is 19.4 Å². The third-order valence-electron chi connectivity index (χ3n) is 3.36. The van der Waals surface area contributed by atoms with Crippen LogP contribution in [0.3, 0.4) is 0 Å². The normalized spacial score (nSPS) is 25.9. The average molecular weight is 242 g/mol. The summed E-state index contributed by atoms with van der Waals surface area (Å²) in [5.41, 5.74) is 0. The molecule has 1 heterocycles. The highest BCUT2D eigenvalue weighted by atomic mass is 35.5. The maximum Gasteiger partial charge on any atom is 0.109 e. The molecule has 1 aromatic heterocycles. The molecule has 0 bridgehead atoms. The van der Waals surface area contributed by atoms with Crippen LogP contribution in [0.5, 0.6) is 0 Å². The van der Waals surface area contributed by atoms with Crippen LogP contribution in [0.2, 0.25) is 0 Å². The molecule has 0 aromatic carbocycles. The SMILES string of the molecule is Cn1ccnc1CCNC1CCC(Cl)CC1. The number of nitrogens with one attached hydrogen (secondary N) is 1. The molecule has 0 unspecified atom stereocenters. The van der Waals surface area contributed by atoms with Crippen LogP contribution in [0.1, 0.15) is 31.5 Å². The zero-order valence-corrected chi connectivity index (χ0v) is 10.6. The molecule has 1 fully saturated rings. The van der Waals surface area contributed by atoms with Crippen molar-refractivity contribution < 1.29 is 0 Å². The minimum atomic E-state index is 0.410. The summed E-state index contributed by atoms with van der Waals surface area (Å²) in [7, 11) is 2.04. The molecule has 0 radical (unpaired) electrons. The number of hydrogen-bond acceptors (Lipinski definition) is 2. The van der Waals surface area contributed by atoms with Gasteiger partial charge in [-0.25, -0.2) is 4.98 Å². The van der Waals surface area contributed by atoms with E-state index in [0.29, 0.717) is 11.4 Å². The Morgan fingerprint density at radius 2 is 2.19 bits per heavy atom. The summed E-state index contributed by atoms with van der Waals surface area (Å²) in [5.74, 6) is 1.15. The maximum atomic E-state index is 6.08. The summed E-state index contributed by atoms with van der Waals surface area (Å²) in [6.45, 7) is 1.02. The minimum absolute atomic E-state index is 0.410. The van der Waals surface area contributed by atoms with Gasteiger partial charge in [0.15, 0.2) is 0 Å². The summed E-state index contributed by atoms with van der Waals surface area (Å²) < 4.78 is 2.08. The number of alkyl halides is 1. The monoisotopic (exact) mass is 241 g/mol. The number of rotatable bonds is 4. The Morgan fingerprint density at radius 1 is 1.44 bits per heavy atom. The molecule has 1 aromatic rings. The van der Waals surface area contributed by atoms with Crippen LogP contribution in [-0.2, 0) is 13.5 Å². The standard InChI is InChI=1S/C12H20ClN3/c1-16-9-8-15-12(16)6-7-14-11-4-2-10(13)3-5-11/h8-11,14H,2-7H2,1H3. The Kier molecular flexibility index (Phi) is 4.24. The Morgan fingerprint density at radius 3 is 2.81 bits per heavy atom. The van der Waals surface area contributed by atoms with Gasteiger partial charge in [0.2, 0.25) is 0 Å². The van der Waals surface area contributed by atoms with Crippen molar-refractivity contribution in [1.29, 1.82) is 0 Å². The lowest BCUT2D eigenvalue weighted by Gasteiger charge is -2.25. The first kappa shape index (κ1) is 11.9. The molecular formula is C12H20ClN3. The second kappa shape index (κ2) is 5.69. The lowest BCUT2D eigenvalue weighted by molar-refractivity contribution is 0.378. The van der Waals surface area contributed by atoms with Gasteiger partial charge in [0.05, 0.1) is 0 Å². The van der Waals surface area contributed by atoms with Gasteiger partial charge in [0, 0.05) is 43.8 Å². The number of aromatic nitrogens is 2. The minimum Gasteiger partial charge on any atom is -0.338 e. The van der Waals surface area contributed by atoms with E-state index in [2.05, 4.69) is 14.9 Å². The predicted octanol–water partition coefficient (Wildman–Crippen LogP) is 2.10. The Labute approximate surface area is 102 Å². The summed E-state index contributed by atoms with van der Waals surface area (Å²) in [6.07, 6.45) is 9.60. The van der Waals surface area contributed by atoms with E-state index < -0.39 is 0 Å².